The highest BCUT2D eigenvalue weighted by molar-refractivity contribution is 6.45. The van der Waals surface area contributed by atoms with E-state index in [-0.39, 0.29) is 17.5 Å². The molecule has 1 aliphatic carbocycles. The fourth-order valence-corrected chi connectivity index (χ4v) is 3.88. The summed E-state index contributed by atoms with van der Waals surface area (Å²) in [7, 11) is 2.93. The van der Waals surface area contributed by atoms with Gasteiger partial charge in [-0.1, -0.05) is 19.8 Å². The second-order valence-corrected chi connectivity index (χ2v) is 7.17. The van der Waals surface area contributed by atoms with Crippen LogP contribution in [0.3, 0.4) is 0 Å². The molecule has 2 fully saturated rings. The second kappa shape index (κ2) is 8.00. The van der Waals surface area contributed by atoms with Crippen molar-refractivity contribution in [3.63, 3.8) is 0 Å². The van der Waals surface area contributed by atoms with Crippen LogP contribution in [0.25, 0.3) is 0 Å². The van der Waals surface area contributed by atoms with Crippen LogP contribution in [-0.4, -0.2) is 60.2 Å². The van der Waals surface area contributed by atoms with Crippen molar-refractivity contribution in [3.8, 4) is 11.5 Å². The van der Waals surface area contributed by atoms with E-state index in [1.165, 1.54) is 26.4 Å². The van der Waals surface area contributed by atoms with Crippen molar-refractivity contribution in [1.82, 2.24) is 9.80 Å². The number of carbonyl (C=O) groups is 4. The second-order valence-electron chi connectivity index (χ2n) is 7.17. The molecule has 1 heterocycles. The monoisotopic (exact) mass is 388 g/mol. The quantitative estimate of drug-likeness (QED) is 0.422. The maximum Gasteiger partial charge on any atom is 0.334 e. The van der Waals surface area contributed by atoms with Gasteiger partial charge in [-0.15, -0.1) is 0 Å². The third-order valence-electron chi connectivity index (χ3n) is 5.49. The smallest absolute Gasteiger partial charge is 0.334 e. The van der Waals surface area contributed by atoms with E-state index in [1.54, 1.807) is 6.07 Å². The number of urea groups is 1. The molecule has 0 bridgehead atoms. The molecule has 3 rings (SSSR count). The minimum atomic E-state index is -0.948. The van der Waals surface area contributed by atoms with E-state index in [0.29, 0.717) is 17.9 Å². The van der Waals surface area contributed by atoms with Gasteiger partial charge in [0.25, 0.3) is 0 Å². The summed E-state index contributed by atoms with van der Waals surface area (Å²) in [6.45, 7) is 1.49. The molecule has 2 atom stereocenters. The normalized spacial score (nSPS) is 22.6. The van der Waals surface area contributed by atoms with Crippen molar-refractivity contribution in [2.75, 3.05) is 20.8 Å². The first-order chi connectivity index (χ1) is 13.4. The van der Waals surface area contributed by atoms with Crippen molar-refractivity contribution in [1.29, 1.82) is 0 Å². The maximum absolute atomic E-state index is 12.8. The molecule has 1 aromatic carbocycles. The Balaban J connectivity index is 1.78. The molecule has 1 saturated carbocycles. The molecule has 0 spiro atoms. The van der Waals surface area contributed by atoms with Crippen LogP contribution in [-0.2, 0) is 9.59 Å². The van der Waals surface area contributed by atoms with Crippen LogP contribution in [0.1, 0.15) is 43.0 Å². The number of amides is 4. The van der Waals surface area contributed by atoms with Crippen LogP contribution in [0.4, 0.5) is 4.79 Å². The number of carbonyl (C=O) groups excluding carboxylic acids is 4. The zero-order valence-corrected chi connectivity index (χ0v) is 16.3. The summed E-state index contributed by atoms with van der Waals surface area (Å²) in [5.74, 6) is -1.30. The summed E-state index contributed by atoms with van der Waals surface area (Å²) in [6, 6.07) is 3.58. The van der Waals surface area contributed by atoms with Crippen molar-refractivity contribution >= 4 is 23.6 Å². The number of ketones is 1. The molecule has 1 saturated heterocycles. The number of nitrogens with zero attached hydrogens (tertiary/aromatic N) is 2. The molecule has 0 radical (unpaired) electrons. The summed E-state index contributed by atoms with van der Waals surface area (Å²) in [6.07, 6.45) is 3.54. The Kier molecular flexibility index (Phi) is 5.67. The van der Waals surface area contributed by atoms with Crippen molar-refractivity contribution in [2.24, 2.45) is 5.92 Å². The van der Waals surface area contributed by atoms with E-state index >= 15 is 0 Å². The van der Waals surface area contributed by atoms with E-state index in [2.05, 4.69) is 0 Å². The first kappa shape index (κ1) is 19.9. The number of rotatable bonds is 6. The summed E-state index contributed by atoms with van der Waals surface area (Å²) in [5.41, 5.74) is 0.259. The van der Waals surface area contributed by atoms with Crippen molar-refractivity contribution in [2.45, 2.75) is 38.6 Å². The van der Waals surface area contributed by atoms with Gasteiger partial charge in [0.2, 0.25) is 0 Å². The lowest BCUT2D eigenvalue weighted by atomic mass is 9.85. The zero-order valence-electron chi connectivity index (χ0n) is 16.3. The highest BCUT2D eigenvalue weighted by Gasteiger charge is 2.49. The van der Waals surface area contributed by atoms with Gasteiger partial charge in [0.05, 0.1) is 20.8 Å². The lowest BCUT2D eigenvalue weighted by Gasteiger charge is -2.34. The fraction of sp³-hybridized carbons (Fsp3) is 0.500. The molecule has 0 unspecified atom stereocenters. The molecule has 8 nitrogen and oxygen atoms in total. The third kappa shape index (κ3) is 3.46. The number of ether oxygens (including phenoxy) is 2. The largest absolute Gasteiger partial charge is 0.493 e. The predicted octanol–water partition coefficient (Wildman–Crippen LogP) is 2.26. The Morgan fingerprint density at radius 2 is 1.71 bits per heavy atom. The number of imide groups is 2. The van der Waals surface area contributed by atoms with E-state index in [0.717, 1.165) is 29.1 Å². The average Bonchev–Trinajstić information content (AvgIpc) is 2.91. The summed E-state index contributed by atoms with van der Waals surface area (Å²) >= 11 is 0. The Labute approximate surface area is 163 Å². The molecule has 150 valence electrons. The molecule has 28 heavy (non-hydrogen) atoms. The van der Waals surface area contributed by atoms with Gasteiger partial charge in [0, 0.05) is 11.6 Å². The number of Topliss-reactive ketones (excluding diaryl/α,β-unsaturated/α-hetero) is 1. The minimum absolute atomic E-state index is 0.135. The Morgan fingerprint density at radius 1 is 1.04 bits per heavy atom. The number of hydrogen-bond donors (Lipinski definition) is 0. The minimum Gasteiger partial charge on any atom is -0.493 e. The van der Waals surface area contributed by atoms with E-state index in [9.17, 15) is 19.2 Å². The van der Waals surface area contributed by atoms with Crippen molar-refractivity contribution in [3.05, 3.63) is 23.8 Å². The maximum atomic E-state index is 12.8. The predicted molar refractivity (Wildman–Crippen MR) is 99.3 cm³/mol. The van der Waals surface area contributed by atoms with Crippen LogP contribution >= 0.6 is 0 Å². The highest BCUT2D eigenvalue weighted by Crippen LogP contribution is 2.32. The summed E-state index contributed by atoms with van der Waals surface area (Å²) in [4.78, 5) is 52.0. The molecule has 2 aliphatic rings. The molecular weight excluding hydrogens is 364 g/mol. The first-order valence-corrected chi connectivity index (χ1v) is 9.33. The number of hydrogen-bond acceptors (Lipinski definition) is 6. The molecule has 1 aliphatic heterocycles. The zero-order chi connectivity index (χ0) is 20.4. The van der Waals surface area contributed by atoms with Gasteiger partial charge in [-0.05, 0) is 37.0 Å². The molecular formula is C20H24N2O6. The molecule has 1 aromatic rings. The van der Waals surface area contributed by atoms with Gasteiger partial charge in [0.15, 0.2) is 17.3 Å². The lowest BCUT2D eigenvalue weighted by Crippen LogP contribution is -2.46. The van der Waals surface area contributed by atoms with Gasteiger partial charge in [0.1, 0.15) is 0 Å². The Hall–Kier alpha value is -2.90. The van der Waals surface area contributed by atoms with Gasteiger partial charge < -0.3 is 9.47 Å². The van der Waals surface area contributed by atoms with Crippen LogP contribution < -0.4 is 9.47 Å². The molecule has 0 N–H and O–H groups in total. The summed E-state index contributed by atoms with van der Waals surface area (Å²) in [5, 5.41) is 0. The van der Waals surface area contributed by atoms with Crippen molar-refractivity contribution < 1.29 is 28.7 Å². The number of methoxy groups -OCH3 is 2. The van der Waals surface area contributed by atoms with E-state index in [1.807, 2.05) is 6.92 Å². The fourth-order valence-electron chi connectivity index (χ4n) is 3.88. The van der Waals surface area contributed by atoms with Crippen LogP contribution in [0, 0.1) is 5.92 Å². The SMILES string of the molecule is COc1ccc(C(=O)CN2C(=O)C(=O)N([C@H]3CCCC[C@H]3C)C2=O)cc1OC. The van der Waals surface area contributed by atoms with Crippen LogP contribution in [0.2, 0.25) is 0 Å². The standard InChI is InChI=1S/C20H24N2O6/c1-12-6-4-5-7-14(12)22-19(25)18(24)21(20(22)26)11-15(23)13-8-9-16(27-2)17(10-13)28-3/h8-10,12,14H,4-7,11H2,1-3H3/t12-,14+/m1/s1. The first-order valence-electron chi connectivity index (χ1n) is 9.33. The Morgan fingerprint density at radius 3 is 2.36 bits per heavy atom. The molecule has 4 amide bonds. The highest BCUT2D eigenvalue weighted by atomic mass is 16.5. The van der Waals surface area contributed by atoms with Gasteiger partial charge in [-0.2, -0.15) is 0 Å². The lowest BCUT2D eigenvalue weighted by molar-refractivity contribution is -0.144. The van der Waals surface area contributed by atoms with Crippen LogP contribution in [0.5, 0.6) is 11.5 Å². The van der Waals surface area contributed by atoms with Crippen LogP contribution in [0.15, 0.2) is 18.2 Å². The van der Waals surface area contributed by atoms with E-state index in [4.69, 9.17) is 9.47 Å². The third-order valence-corrected chi connectivity index (χ3v) is 5.49. The van der Waals surface area contributed by atoms with E-state index < -0.39 is 30.2 Å². The Bertz CT molecular complexity index is 821. The number of benzene rings is 1. The molecule has 0 aromatic heterocycles. The molecule has 8 heteroatoms. The van der Waals surface area contributed by atoms with Gasteiger partial charge in [-0.25, -0.2) is 9.69 Å². The van der Waals surface area contributed by atoms with Gasteiger partial charge in [-0.3, -0.25) is 19.3 Å². The average molecular weight is 388 g/mol. The topological polar surface area (TPSA) is 93.2 Å². The van der Waals surface area contributed by atoms with Gasteiger partial charge >= 0.3 is 17.8 Å². The summed E-state index contributed by atoms with van der Waals surface area (Å²) < 4.78 is 10.3.